The fraction of sp³-hybridized carbons (Fsp3) is 0.577. The van der Waals surface area contributed by atoms with Crippen LogP contribution in [-0.2, 0) is 11.3 Å². The Bertz CT molecular complexity index is 1410. The first-order valence-corrected chi connectivity index (χ1v) is 13.4. The van der Waals surface area contributed by atoms with Crippen LogP contribution in [0.4, 0.5) is 30.7 Å². The molecule has 0 unspecified atom stereocenters. The smallest absolute Gasteiger partial charge is 0.363 e. The van der Waals surface area contributed by atoms with Crippen LogP contribution in [-0.4, -0.2) is 55.1 Å². The highest BCUT2D eigenvalue weighted by atomic mass is 19.4. The van der Waals surface area contributed by atoms with Crippen molar-refractivity contribution < 1.29 is 40.3 Å². The van der Waals surface area contributed by atoms with Gasteiger partial charge < -0.3 is 16.0 Å². The summed E-state index contributed by atoms with van der Waals surface area (Å²) in [6.07, 6.45) is -10.3. The number of hydrogen-bond donors (Lipinski definition) is 3. The summed E-state index contributed by atoms with van der Waals surface area (Å²) in [7, 11) is 0. The normalized spacial score (nSPS) is 17.5. The Labute approximate surface area is 235 Å². The number of halogens is 7. The number of aromatic nitrogens is 5. The van der Waals surface area contributed by atoms with Gasteiger partial charge >= 0.3 is 6.18 Å². The van der Waals surface area contributed by atoms with Crippen molar-refractivity contribution in [2.24, 2.45) is 11.7 Å². The molecule has 4 rings (SSSR count). The number of alkyl halides is 7. The Morgan fingerprint density at radius 2 is 1.88 bits per heavy atom. The maximum atomic E-state index is 14.0. The van der Waals surface area contributed by atoms with Crippen molar-refractivity contribution in [2.75, 3.05) is 0 Å². The van der Waals surface area contributed by atoms with Crippen molar-refractivity contribution in [3.63, 3.8) is 0 Å². The van der Waals surface area contributed by atoms with Gasteiger partial charge in [0, 0.05) is 32.2 Å². The summed E-state index contributed by atoms with van der Waals surface area (Å²) in [5.41, 5.74) is 6.92. The van der Waals surface area contributed by atoms with E-state index in [1.165, 1.54) is 0 Å². The number of aryl methyl sites for hydroxylation is 1. The molecule has 42 heavy (non-hydrogen) atoms. The first kappa shape index (κ1) is 31.2. The molecule has 0 radical (unpaired) electrons. The molecule has 2 heterocycles. The number of carbonyl (C=O) groups excluding carboxylic acids is 2. The topological polar surface area (TPSA) is 132 Å². The van der Waals surface area contributed by atoms with Gasteiger partial charge in [0.25, 0.3) is 5.91 Å². The Morgan fingerprint density at radius 3 is 2.50 bits per heavy atom. The second-order valence-corrected chi connectivity index (χ2v) is 10.5. The molecule has 1 saturated carbocycles. The zero-order valence-corrected chi connectivity index (χ0v) is 22.5. The van der Waals surface area contributed by atoms with Crippen LogP contribution in [0.1, 0.15) is 91.7 Å². The van der Waals surface area contributed by atoms with Crippen molar-refractivity contribution in [1.82, 2.24) is 30.0 Å². The van der Waals surface area contributed by atoms with Crippen LogP contribution < -0.4 is 11.1 Å². The molecule has 1 aliphatic rings. The van der Waals surface area contributed by atoms with Gasteiger partial charge in [-0.15, -0.1) is 0 Å². The number of H-pyrrole nitrogens is 1. The van der Waals surface area contributed by atoms with E-state index in [0.29, 0.717) is 22.4 Å². The molecular formula is C26H30F7N7O2. The molecule has 9 nitrogen and oxygen atoms in total. The van der Waals surface area contributed by atoms with Gasteiger partial charge in [0.1, 0.15) is 5.82 Å². The van der Waals surface area contributed by atoms with Crippen LogP contribution in [0, 0.1) is 5.92 Å². The monoisotopic (exact) mass is 605 g/mol. The fourth-order valence-corrected chi connectivity index (χ4v) is 5.12. The first-order valence-electron chi connectivity index (χ1n) is 13.4. The van der Waals surface area contributed by atoms with E-state index in [9.17, 15) is 40.3 Å². The number of benzene rings is 1. The lowest BCUT2D eigenvalue weighted by molar-refractivity contribution is -0.144. The molecule has 230 valence electrons. The molecule has 4 N–H and O–H groups in total. The number of amides is 2. The lowest BCUT2D eigenvalue weighted by Gasteiger charge is -2.31. The predicted molar refractivity (Wildman–Crippen MR) is 136 cm³/mol. The van der Waals surface area contributed by atoms with E-state index in [1.54, 1.807) is 25.1 Å². The molecule has 0 saturated heterocycles. The fourth-order valence-electron chi connectivity index (χ4n) is 5.12. The van der Waals surface area contributed by atoms with Crippen molar-refractivity contribution in [2.45, 2.75) is 88.9 Å². The molecule has 2 atom stereocenters. The summed E-state index contributed by atoms with van der Waals surface area (Å²) in [5, 5.41) is 6.79. The lowest BCUT2D eigenvalue weighted by atomic mass is 9.78. The van der Waals surface area contributed by atoms with E-state index in [4.69, 9.17) is 5.73 Å². The number of aromatic amines is 1. The Hall–Kier alpha value is -3.72. The van der Waals surface area contributed by atoms with E-state index in [2.05, 4.69) is 25.4 Å². The predicted octanol–water partition coefficient (Wildman–Crippen LogP) is 5.39. The lowest BCUT2D eigenvalue weighted by Crippen LogP contribution is -2.29. The third-order valence-corrected chi connectivity index (χ3v) is 7.31. The number of rotatable bonds is 11. The van der Waals surface area contributed by atoms with Gasteiger partial charge in [0.15, 0.2) is 5.82 Å². The van der Waals surface area contributed by atoms with Gasteiger partial charge in [-0.05, 0) is 43.4 Å². The zero-order valence-electron chi connectivity index (χ0n) is 22.5. The van der Waals surface area contributed by atoms with E-state index in [-0.39, 0.29) is 31.0 Å². The molecule has 2 amide bonds. The maximum Gasteiger partial charge on any atom is 0.389 e. The molecule has 1 aliphatic carbocycles. The summed E-state index contributed by atoms with van der Waals surface area (Å²) in [4.78, 5) is 35.9. The number of hydrogen-bond acceptors (Lipinski definition) is 5. The number of primary amides is 1. The van der Waals surface area contributed by atoms with E-state index >= 15 is 0 Å². The summed E-state index contributed by atoms with van der Waals surface area (Å²) in [6.45, 7) is 1.27. The Morgan fingerprint density at radius 1 is 1.19 bits per heavy atom. The van der Waals surface area contributed by atoms with Crippen LogP contribution in [0.5, 0.6) is 0 Å². The highest BCUT2D eigenvalue weighted by molar-refractivity contribution is 5.89. The minimum absolute atomic E-state index is 0.0258. The molecule has 16 heteroatoms. The number of fused-ring (bicyclic) bond motifs is 1. The second-order valence-electron chi connectivity index (χ2n) is 10.5. The van der Waals surface area contributed by atoms with Crippen LogP contribution in [0.25, 0.3) is 11.0 Å². The summed E-state index contributed by atoms with van der Waals surface area (Å²) in [6, 6.07) is 4.28. The molecule has 3 aromatic rings. The average molecular weight is 606 g/mol. The van der Waals surface area contributed by atoms with E-state index in [1.807, 2.05) is 0 Å². The quantitative estimate of drug-likeness (QED) is 0.253. The van der Waals surface area contributed by atoms with Crippen molar-refractivity contribution in [1.29, 1.82) is 0 Å². The van der Waals surface area contributed by atoms with Gasteiger partial charge in [-0.25, -0.2) is 32.2 Å². The van der Waals surface area contributed by atoms with E-state index < -0.39 is 80.3 Å². The largest absolute Gasteiger partial charge is 0.389 e. The molecule has 1 fully saturated rings. The van der Waals surface area contributed by atoms with Crippen LogP contribution >= 0.6 is 0 Å². The van der Waals surface area contributed by atoms with Gasteiger partial charge in [-0.2, -0.15) is 18.3 Å². The molecule has 0 bridgehead atoms. The van der Waals surface area contributed by atoms with Crippen molar-refractivity contribution in [3.8, 4) is 0 Å². The van der Waals surface area contributed by atoms with Crippen LogP contribution in [0.2, 0.25) is 0 Å². The van der Waals surface area contributed by atoms with Crippen LogP contribution in [0.15, 0.2) is 18.2 Å². The van der Waals surface area contributed by atoms with E-state index in [0.717, 1.165) is 4.68 Å². The SMILES string of the molecule is C[C@@H](NC(=O)CCC(F)(F)F)c1ccc2nc([C@@H](c3nc(C(N)=O)n(CCC(F)F)n3)C3CCC(F)(F)CC3)[nH]c2c1. The Kier molecular flexibility index (Phi) is 9.11. The van der Waals surface area contributed by atoms with Crippen molar-refractivity contribution in [3.05, 3.63) is 41.2 Å². The number of nitrogens with one attached hydrogen (secondary N) is 2. The summed E-state index contributed by atoms with van der Waals surface area (Å²) >= 11 is 0. The standard InChI is InChI=1S/C26H30F7N7O2/c1-13(35-19(41)6-10-26(31,32)33)15-2-3-16-17(12-15)37-22(36-16)20(14-4-8-25(29,30)9-5-14)23-38-24(21(34)42)40(39-23)11-7-18(27)28/h2-3,12-14,18,20H,4-11H2,1H3,(H2,34,42)(H,35,41)(H,36,37)/t13-,20+/m1/s1. The number of imidazole rings is 1. The number of nitrogens with zero attached hydrogens (tertiary/aromatic N) is 4. The molecular weight excluding hydrogens is 575 g/mol. The minimum Gasteiger partial charge on any atom is -0.363 e. The molecule has 0 aliphatic heterocycles. The molecule has 2 aromatic heterocycles. The average Bonchev–Trinajstić information content (AvgIpc) is 3.51. The summed E-state index contributed by atoms with van der Waals surface area (Å²) in [5.74, 6) is -5.85. The number of nitrogens with two attached hydrogens (primary N) is 1. The summed E-state index contributed by atoms with van der Waals surface area (Å²) < 4.78 is 92.1. The van der Waals surface area contributed by atoms with Gasteiger partial charge in [0.2, 0.25) is 24.1 Å². The highest BCUT2D eigenvalue weighted by Gasteiger charge is 2.41. The zero-order chi connectivity index (χ0) is 30.8. The molecule has 0 spiro atoms. The van der Waals surface area contributed by atoms with Gasteiger partial charge in [0.05, 0.1) is 29.4 Å². The number of carbonyl (C=O) groups is 2. The third-order valence-electron chi connectivity index (χ3n) is 7.31. The maximum absolute atomic E-state index is 14.0. The van der Waals surface area contributed by atoms with Gasteiger partial charge in [-0.3, -0.25) is 9.59 Å². The van der Waals surface area contributed by atoms with Crippen LogP contribution in [0.3, 0.4) is 0 Å². The van der Waals surface area contributed by atoms with Gasteiger partial charge in [-0.1, -0.05) is 6.07 Å². The highest BCUT2D eigenvalue weighted by Crippen LogP contribution is 2.44. The molecule has 1 aromatic carbocycles. The minimum atomic E-state index is -4.46. The Balaban J connectivity index is 1.65. The first-order chi connectivity index (χ1) is 19.6. The van der Waals surface area contributed by atoms with Crippen molar-refractivity contribution >= 4 is 22.8 Å². The second kappa shape index (κ2) is 12.3. The third kappa shape index (κ3) is 7.76.